The summed E-state index contributed by atoms with van der Waals surface area (Å²) in [5.41, 5.74) is 5.61. The van der Waals surface area contributed by atoms with Crippen LogP contribution in [-0.4, -0.2) is 4.98 Å². The third kappa shape index (κ3) is 3.27. The number of hydrogen-bond acceptors (Lipinski definition) is 3. The maximum Gasteiger partial charge on any atom is 0.419 e. The number of nitrogens with two attached hydrogens (primary N) is 1. The largest absolute Gasteiger partial charge is 0.438 e. The fraction of sp³-hybridized carbons (Fsp3) is 0.214. The van der Waals surface area contributed by atoms with E-state index in [1.54, 1.807) is 13.0 Å². The number of para-hydroxylation sites is 1. The van der Waals surface area contributed by atoms with Gasteiger partial charge >= 0.3 is 6.18 Å². The zero-order valence-corrected chi connectivity index (χ0v) is 10.7. The van der Waals surface area contributed by atoms with E-state index in [-0.39, 0.29) is 17.7 Å². The van der Waals surface area contributed by atoms with Gasteiger partial charge in [0.2, 0.25) is 5.88 Å². The lowest BCUT2D eigenvalue weighted by Crippen LogP contribution is -2.07. The summed E-state index contributed by atoms with van der Waals surface area (Å²) in [5, 5.41) is 0. The van der Waals surface area contributed by atoms with Crippen LogP contribution < -0.4 is 10.5 Å². The Kier molecular flexibility index (Phi) is 3.94. The zero-order chi connectivity index (χ0) is 14.8. The minimum atomic E-state index is -4.47. The zero-order valence-electron chi connectivity index (χ0n) is 10.7. The van der Waals surface area contributed by atoms with Crippen LogP contribution in [-0.2, 0) is 6.18 Å². The molecule has 0 radical (unpaired) electrons. The molecule has 1 aromatic carbocycles. The van der Waals surface area contributed by atoms with Crippen molar-refractivity contribution in [3.05, 3.63) is 53.7 Å². The summed E-state index contributed by atoms with van der Waals surface area (Å²) in [6, 6.07) is 7.97. The highest BCUT2D eigenvalue weighted by Gasteiger charge is 2.34. The third-order valence-electron chi connectivity index (χ3n) is 2.69. The Labute approximate surface area is 114 Å². The van der Waals surface area contributed by atoms with Gasteiger partial charge in [0.25, 0.3) is 0 Å². The molecule has 0 saturated heterocycles. The molecule has 6 heteroatoms. The molecule has 2 aromatic rings. The Morgan fingerprint density at radius 2 is 1.85 bits per heavy atom. The van der Waals surface area contributed by atoms with Crippen molar-refractivity contribution in [2.45, 2.75) is 19.1 Å². The van der Waals surface area contributed by atoms with Gasteiger partial charge < -0.3 is 10.5 Å². The molecule has 1 aromatic heterocycles. The molecule has 2 rings (SSSR count). The van der Waals surface area contributed by atoms with Gasteiger partial charge in [-0.05, 0) is 24.6 Å². The first-order chi connectivity index (χ1) is 9.38. The van der Waals surface area contributed by atoms with Crippen LogP contribution in [0.25, 0.3) is 0 Å². The molecule has 0 bridgehead atoms. The lowest BCUT2D eigenvalue weighted by atomic mass is 10.1. The smallest absolute Gasteiger partial charge is 0.419 e. The predicted octanol–water partition coefficient (Wildman–Crippen LogP) is 3.91. The molecular formula is C14H13F3N2O. The fourth-order valence-electron chi connectivity index (χ4n) is 1.62. The van der Waals surface area contributed by atoms with Gasteiger partial charge in [-0.3, -0.25) is 0 Å². The van der Waals surface area contributed by atoms with E-state index in [9.17, 15) is 13.2 Å². The Hall–Kier alpha value is -2.08. The van der Waals surface area contributed by atoms with Gasteiger partial charge in [-0.25, -0.2) is 4.98 Å². The Balaban J connectivity index is 2.26. The first-order valence-corrected chi connectivity index (χ1v) is 5.93. The van der Waals surface area contributed by atoms with Crippen LogP contribution in [0, 0.1) is 0 Å². The molecule has 0 fully saturated rings. The summed E-state index contributed by atoms with van der Waals surface area (Å²) in [5.74, 6) is -0.188. The molecule has 2 N–H and O–H groups in total. The monoisotopic (exact) mass is 282 g/mol. The SMILES string of the molecule is C[C@@H](N)c1ccc(Oc2ccccc2C(F)(F)F)nc1. The van der Waals surface area contributed by atoms with E-state index in [0.29, 0.717) is 0 Å². The number of pyridine rings is 1. The van der Waals surface area contributed by atoms with Gasteiger partial charge in [0.15, 0.2) is 0 Å². The van der Waals surface area contributed by atoms with E-state index in [4.69, 9.17) is 10.5 Å². The number of rotatable bonds is 3. The molecule has 0 amide bonds. The summed E-state index contributed by atoms with van der Waals surface area (Å²) in [4.78, 5) is 3.95. The highest BCUT2D eigenvalue weighted by atomic mass is 19.4. The van der Waals surface area contributed by atoms with Crippen molar-refractivity contribution in [2.75, 3.05) is 0 Å². The quantitative estimate of drug-likeness (QED) is 0.928. The van der Waals surface area contributed by atoms with E-state index in [1.165, 1.54) is 30.5 Å². The van der Waals surface area contributed by atoms with Crippen LogP contribution in [0.3, 0.4) is 0 Å². The molecule has 1 atom stereocenters. The standard InChI is InChI=1S/C14H13F3N2O/c1-9(18)10-6-7-13(19-8-10)20-12-5-3-2-4-11(12)14(15,16)17/h2-9H,18H2,1H3/t9-/m1/s1. The van der Waals surface area contributed by atoms with E-state index >= 15 is 0 Å². The second-order valence-corrected chi connectivity index (χ2v) is 4.31. The van der Waals surface area contributed by atoms with Crippen molar-refractivity contribution in [1.82, 2.24) is 4.98 Å². The number of nitrogens with zero attached hydrogens (tertiary/aromatic N) is 1. The minimum Gasteiger partial charge on any atom is -0.438 e. The van der Waals surface area contributed by atoms with E-state index in [1.807, 2.05) is 0 Å². The van der Waals surface area contributed by atoms with E-state index in [2.05, 4.69) is 4.98 Å². The Morgan fingerprint density at radius 1 is 1.15 bits per heavy atom. The summed E-state index contributed by atoms with van der Waals surface area (Å²) in [6.45, 7) is 1.79. The van der Waals surface area contributed by atoms with Gasteiger partial charge in [-0.1, -0.05) is 18.2 Å². The number of alkyl halides is 3. The highest BCUT2D eigenvalue weighted by molar-refractivity contribution is 5.38. The first-order valence-electron chi connectivity index (χ1n) is 5.93. The Morgan fingerprint density at radius 3 is 2.40 bits per heavy atom. The third-order valence-corrected chi connectivity index (χ3v) is 2.69. The summed E-state index contributed by atoms with van der Waals surface area (Å²) in [7, 11) is 0. The van der Waals surface area contributed by atoms with Crippen molar-refractivity contribution < 1.29 is 17.9 Å². The van der Waals surface area contributed by atoms with Crippen molar-refractivity contribution in [2.24, 2.45) is 5.73 Å². The predicted molar refractivity (Wildman–Crippen MR) is 68.4 cm³/mol. The van der Waals surface area contributed by atoms with Crippen molar-refractivity contribution >= 4 is 0 Å². The molecule has 0 spiro atoms. The molecule has 0 aliphatic carbocycles. The second kappa shape index (κ2) is 5.50. The Bertz CT molecular complexity index is 580. The average molecular weight is 282 g/mol. The van der Waals surface area contributed by atoms with Gasteiger partial charge in [-0.15, -0.1) is 0 Å². The number of aromatic nitrogens is 1. The number of halogens is 3. The fourth-order valence-corrected chi connectivity index (χ4v) is 1.62. The minimum absolute atomic E-state index is 0.0890. The van der Waals surface area contributed by atoms with E-state index < -0.39 is 11.7 Å². The van der Waals surface area contributed by atoms with Gasteiger partial charge in [-0.2, -0.15) is 13.2 Å². The van der Waals surface area contributed by atoms with Gasteiger partial charge in [0.05, 0.1) is 5.56 Å². The molecule has 0 saturated carbocycles. The van der Waals surface area contributed by atoms with Gasteiger partial charge in [0.1, 0.15) is 5.75 Å². The molecular weight excluding hydrogens is 269 g/mol. The summed E-state index contributed by atoms with van der Waals surface area (Å²) < 4.78 is 43.6. The average Bonchev–Trinajstić information content (AvgIpc) is 2.38. The number of hydrogen-bond donors (Lipinski definition) is 1. The van der Waals surface area contributed by atoms with Crippen molar-refractivity contribution in [3.63, 3.8) is 0 Å². The molecule has 0 aliphatic rings. The van der Waals surface area contributed by atoms with Crippen LogP contribution in [0.15, 0.2) is 42.6 Å². The van der Waals surface area contributed by atoms with Crippen molar-refractivity contribution in [3.8, 4) is 11.6 Å². The maximum atomic E-state index is 12.8. The normalized spacial score (nSPS) is 13.1. The molecule has 1 heterocycles. The summed E-state index contributed by atoms with van der Waals surface area (Å²) in [6.07, 6.45) is -2.99. The highest BCUT2D eigenvalue weighted by Crippen LogP contribution is 2.37. The molecule has 0 aliphatic heterocycles. The molecule has 106 valence electrons. The lowest BCUT2D eigenvalue weighted by Gasteiger charge is -2.13. The molecule has 3 nitrogen and oxygen atoms in total. The van der Waals surface area contributed by atoms with Crippen molar-refractivity contribution in [1.29, 1.82) is 0 Å². The number of ether oxygens (including phenoxy) is 1. The molecule has 0 unspecified atom stereocenters. The van der Waals surface area contributed by atoms with Crippen LogP contribution in [0.2, 0.25) is 0 Å². The van der Waals surface area contributed by atoms with Crippen LogP contribution in [0.5, 0.6) is 11.6 Å². The van der Waals surface area contributed by atoms with E-state index in [0.717, 1.165) is 11.6 Å². The second-order valence-electron chi connectivity index (χ2n) is 4.31. The number of benzene rings is 1. The molecule has 20 heavy (non-hydrogen) atoms. The van der Waals surface area contributed by atoms with Crippen LogP contribution >= 0.6 is 0 Å². The lowest BCUT2D eigenvalue weighted by molar-refractivity contribution is -0.138. The first kappa shape index (κ1) is 14.3. The summed E-state index contributed by atoms with van der Waals surface area (Å²) >= 11 is 0. The maximum absolute atomic E-state index is 12.8. The van der Waals surface area contributed by atoms with Gasteiger partial charge in [0, 0.05) is 18.3 Å². The topological polar surface area (TPSA) is 48.1 Å². The van der Waals surface area contributed by atoms with Crippen LogP contribution in [0.4, 0.5) is 13.2 Å². The van der Waals surface area contributed by atoms with Crippen LogP contribution in [0.1, 0.15) is 24.1 Å².